The molecule has 0 amide bonds. The van der Waals surface area contributed by atoms with Crippen molar-refractivity contribution in [3.63, 3.8) is 0 Å². The van der Waals surface area contributed by atoms with Crippen LogP contribution in [0.3, 0.4) is 0 Å². The first-order chi connectivity index (χ1) is 8.68. The van der Waals surface area contributed by atoms with Crippen molar-refractivity contribution < 1.29 is 5.11 Å². The van der Waals surface area contributed by atoms with Crippen LogP contribution in [-0.4, -0.2) is 32.4 Å². The first-order valence-electron chi connectivity index (χ1n) is 6.38. The van der Waals surface area contributed by atoms with Crippen molar-refractivity contribution in [2.75, 3.05) is 6.54 Å². The number of fused-ring (bicyclic) bond motifs is 1. The number of rotatable bonds is 4. The summed E-state index contributed by atoms with van der Waals surface area (Å²) in [5, 5.41) is 21.5. The highest BCUT2D eigenvalue weighted by atomic mass is 16.3. The van der Waals surface area contributed by atoms with Crippen LogP contribution in [0.2, 0.25) is 0 Å². The molecule has 1 fully saturated rings. The molecule has 3 rings (SSSR count). The Labute approximate surface area is 106 Å². The van der Waals surface area contributed by atoms with Crippen molar-refractivity contribution in [3.05, 3.63) is 24.2 Å². The van der Waals surface area contributed by atoms with Crippen molar-refractivity contribution in [3.8, 4) is 0 Å². The maximum absolute atomic E-state index is 10.3. The van der Waals surface area contributed by atoms with Crippen molar-refractivity contribution in [2.45, 2.75) is 37.8 Å². The van der Waals surface area contributed by atoms with Crippen LogP contribution >= 0.6 is 0 Å². The Morgan fingerprint density at radius 3 is 3.00 bits per heavy atom. The number of aliphatic hydroxyl groups is 1. The Balaban J connectivity index is 1.75. The molecule has 3 N–H and O–H groups in total. The van der Waals surface area contributed by atoms with Gasteiger partial charge in [0.2, 0.25) is 0 Å². The molecule has 1 atom stereocenters. The molecule has 0 bridgehead atoms. The number of aliphatic hydroxyl groups excluding tert-OH is 1. The highest BCUT2D eigenvalue weighted by Gasteiger charge is 2.31. The Morgan fingerprint density at radius 1 is 1.44 bits per heavy atom. The summed E-state index contributed by atoms with van der Waals surface area (Å²) >= 11 is 0. The summed E-state index contributed by atoms with van der Waals surface area (Å²) in [6, 6.07) is 0. The lowest BCUT2D eigenvalue weighted by molar-refractivity contribution is 0.133. The second-order valence-corrected chi connectivity index (χ2v) is 5.37. The summed E-state index contributed by atoms with van der Waals surface area (Å²) in [6.45, 7) is 2.77. The minimum absolute atomic E-state index is 0.207. The van der Waals surface area contributed by atoms with Gasteiger partial charge in [-0.1, -0.05) is 0 Å². The molecule has 0 aliphatic heterocycles. The van der Waals surface area contributed by atoms with Crippen LogP contribution in [0.25, 0.3) is 10.9 Å². The van der Waals surface area contributed by atoms with Crippen molar-refractivity contribution in [1.29, 1.82) is 0 Å². The fraction of sp³-hybridized carbons (Fsp3) is 0.538. The second-order valence-electron chi connectivity index (χ2n) is 5.37. The number of nitrogens with one attached hydrogen (secondary N) is 2. The van der Waals surface area contributed by atoms with Gasteiger partial charge in [0.05, 0.1) is 24.0 Å². The Hall–Kier alpha value is -1.46. The molecule has 96 valence electrons. The van der Waals surface area contributed by atoms with E-state index in [0.717, 1.165) is 16.5 Å². The van der Waals surface area contributed by atoms with Crippen LogP contribution < -0.4 is 5.32 Å². The number of hydrogen-bond acceptors (Lipinski definition) is 4. The molecule has 0 radical (unpaired) electrons. The number of hydrogen-bond donors (Lipinski definition) is 3. The molecule has 2 heterocycles. The molecule has 18 heavy (non-hydrogen) atoms. The molecule has 2 aromatic rings. The van der Waals surface area contributed by atoms with E-state index in [9.17, 15) is 5.11 Å². The maximum atomic E-state index is 10.3. The van der Waals surface area contributed by atoms with Crippen molar-refractivity contribution >= 4 is 10.9 Å². The second kappa shape index (κ2) is 4.33. The molecular formula is C13H18N4O. The summed E-state index contributed by atoms with van der Waals surface area (Å²) in [5.41, 5.74) is 1.90. The quantitative estimate of drug-likeness (QED) is 0.764. The summed E-state index contributed by atoms with van der Waals surface area (Å²) in [5.74, 6) is 0. The van der Waals surface area contributed by atoms with Gasteiger partial charge in [-0.25, -0.2) is 0 Å². The van der Waals surface area contributed by atoms with Gasteiger partial charge in [-0.05, 0) is 26.2 Å². The number of aromatic nitrogens is 3. The van der Waals surface area contributed by atoms with E-state index in [-0.39, 0.29) is 5.54 Å². The van der Waals surface area contributed by atoms with Gasteiger partial charge in [-0.2, -0.15) is 5.10 Å². The molecule has 5 nitrogen and oxygen atoms in total. The van der Waals surface area contributed by atoms with Gasteiger partial charge in [0.25, 0.3) is 0 Å². The van der Waals surface area contributed by atoms with Gasteiger partial charge in [0.15, 0.2) is 0 Å². The molecule has 0 unspecified atom stereocenters. The van der Waals surface area contributed by atoms with E-state index in [4.69, 9.17) is 0 Å². The topological polar surface area (TPSA) is 73.8 Å². The minimum atomic E-state index is -0.545. The van der Waals surface area contributed by atoms with Crippen molar-refractivity contribution in [1.82, 2.24) is 20.5 Å². The fourth-order valence-corrected chi connectivity index (χ4v) is 2.49. The van der Waals surface area contributed by atoms with E-state index in [0.29, 0.717) is 6.54 Å². The molecule has 1 aliphatic rings. The van der Waals surface area contributed by atoms with Crippen LogP contribution in [-0.2, 0) is 0 Å². The van der Waals surface area contributed by atoms with E-state index in [1.165, 1.54) is 19.3 Å². The average molecular weight is 246 g/mol. The molecule has 0 saturated heterocycles. The molecule has 1 saturated carbocycles. The number of aromatic amines is 1. The number of nitrogens with zero attached hydrogens (tertiary/aromatic N) is 2. The largest absolute Gasteiger partial charge is 0.387 e. The van der Waals surface area contributed by atoms with Crippen LogP contribution in [0.15, 0.2) is 18.6 Å². The maximum Gasteiger partial charge on any atom is 0.0936 e. The predicted molar refractivity (Wildman–Crippen MR) is 69.1 cm³/mol. The molecule has 2 aromatic heterocycles. The lowest BCUT2D eigenvalue weighted by Crippen LogP contribution is -2.49. The zero-order valence-electron chi connectivity index (χ0n) is 10.5. The minimum Gasteiger partial charge on any atom is -0.387 e. The highest BCUT2D eigenvalue weighted by molar-refractivity contribution is 5.80. The van der Waals surface area contributed by atoms with Gasteiger partial charge in [-0.3, -0.25) is 10.1 Å². The van der Waals surface area contributed by atoms with Crippen molar-refractivity contribution in [2.24, 2.45) is 0 Å². The van der Waals surface area contributed by atoms with E-state index in [2.05, 4.69) is 27.4 Å². The van der Waals surface area contributed by atoms with Gasteiger partial charge < -0.3 is 10.4 Å². The summed E-state index contributed by atoms with van der Waals surface area (Å²) in [7, 11) is 0. The third-order valence-corrected chi connectivity index (χ3v) is 3.94. The smallest absolute Gasteiger partial charge is 0.0936 e. The standard InChI is InChI=1S/C13H18N4O/c1-13(3-2-4-13)15-8-12(18)10-5-14-7-11-9(10)6-16-17-11/h5-7,12,15,18H,2-4,8H2,1H3,(H,16,17)/t12-/m0/s1. The SMILES string of the molecule is CC1(NC[C@H](O)c2cncc3[nH]ncc23)CCC1. The van der Waals surface area contributed by atoms with Crippen LogP contribution in [0.5, 0.6) is 0 Å². The normalized spacial score (nSPS) is 19.7. The lowest BCUT2D eigenvalue weighted by Gasteiger charge is -2.40. The molecular weight excluding hydrogens is 228 g/mol. The Bertz CT molecular complexity index is 547. The van der Waals surface area contributed by atoms with E-state index >= 15 is 0 Å². The van der Waals surface area contributed by atoms with E-state index in [1.54, 1.807) is 18.6 Å². The third-order valence-electron chi connectivity index (χ3n) is 3.94. The lowest BCUT2D eigenvalue weighted by atomic mass is 9.78. The molecule has 1 aliphatic carbocycles. The average Bonchev–Trinajstić information content (AvgIpc) is 2.81. The number of H-pyrrole nitrogens is 1. The Morgan fingerprint density at radius 2 is 2.28 bits per heavy atom. The zero-order valence-corrected chi connectivity index (χ0v) is 10.5. The number of pyridine rings is 1. The van der Waals surface area contributed by atoms with Crippen LogP contribution in [0, 0.1) is 0 Å². The third kappa shape index (κ3) is 2.00. The van der Waals surface area contributed by atoms with Gasteiger partial charge in [-0.15, -0.1) is 0 Å². The molecule has 5 heteroatoms. The van der Waals surface area contributed by atoms with Gasteiger partial charge in [0.1, 0.15) is 0 Å². The summed E-state index contributed by atoms with van der Waals surface area (Å²) in [6.07, 6.45) is 8.28. The molecule has 0 spiro atoms. The number of β-amino-alcohol motifs (C(OH)–C–C–N with tert-alkyl or cyclic N) is 1. The fourth-order valence-electron chi connectivity index (χ4n) is 2.49. The van der Waals surface area contributed by atoms with Crippen LogP contribution in [0.4, 0.5) is 0 Å². The first kappa shape index (κ1) is 11.6. The molecule has 0 aromatic carbocycles. The van der Waals surface area contributed by atoms with Crippen LogP contribution in [0.1, 0.15) is 37.9 Å². The van der Waals surface area contributed by atoms with Gasteiger partial charge in [0, 0.05) is 29.2 Å². The monoisotopic (exact) mass is 246 g/mol. The first-order valence-corrected chi connectivity index (χ1v) is 6.38. The predicted octanol–water partition coefficient (Wildman–Crippen LogP) is 1.52. The zero-order chi connectivity index (χ0) is 12.6. The summed E-state index contributed by atoms with van der Waals surface area (Å²) in [4.78, 5) is 4.13. The Kier molecular flexibility index (Phi) is 2.80. The van der Waals surface area contributed by atoms with E-state index in [1.807, 2.05) is 0 Å². The summed E-state index contributed by atoms with van der Waals surface area (Å²) < 4.78 is 0. The van der Waals surface area contributed by atoms with Gasteiger partial charge >= 0.3 is 0 Å². The van der Waals surface area contributed by atoms with E-state index < -0.39 is 6.10 Å². The highest BCUT2D eigenvalue weighted by Crippen LogP contribution is 2.31.